The first-order valence-corrected chi connectivity index (χ1v) is 5.81. The molecule has 0 aliphatic rings. The van der Waals surface area contributed by atoms with E-state index in [1.54, 1.807) is 6.07 Å². The van der Waals surface area contributed by atoms with Gasteiger partial charge in [-0.3, -0.25) is 9.59 Å². The zero-order valence-corrected chi connectivity index (χ0v) is 10.2. The Morgan fingerprint density at radius 3 is 2.50 bits per heavy atom. The smallest absolute Gasteiger partial charge is 0.305 e. The fourth-order valence-corrected chi connectivity index (χ4v) is 1.62. The number of carbonyl (C=O) groups excluding carboxylic acids is 1. The van der Waals surface area contributed by atoms with Gasteiger partial charge in [-0.05, 0) is 18.6 Å². The third kappa shape index (κ3) is 3.84. The van der Waals surface area contributed by atoms with Crippen LogP contribution in [-0.2, 0) is 4.79 Å². The van der Waals surface area contributed by atoms with Crippen molar-refractivity contribution in [3.05, 3.63) is 35.6 Å². The van der Waals surface area contributed by atoms with Crippen LogP contribution in [0.5, 0.6) is 0 Å². The highest BCUT2D eigenvalue weighted by atomic mass is 19.1. The lowest BCUT2D eigenvalue weighted by Crippen LogP contribution is -2.34. The molecule has 5 heteroatoms. The summed E-state index contributed by atoms with van der Waals surface area (Å²) in [6.45, 7) is 2.39. The van der Waals surface area contributed by atoms with Crippen LogP contribution in [0.1, 0.15) is 30.1 Å². The highest BCUT2D eigenvalue weighted by molar-refractivity contribution is 5.94. The van der Waals surface area contributed by atoms with Crippen LogP contribution in [0.15, 0.2) is 24.3 Å². The maximum Gasteiger partial charge on any atom is 0.305 e. The van der Waals surface area contributed by atoms with Crippen LogP contribution in [0.25, 0.3) is 0 Å². The van der Waals surface area contributed by atoms with Gasteiger partial charge in [-0.25, -0.2) is 4.39 Å². The highest BCUT2D eigenvalue weighted by Crippen LogP contribution is 2.11. The zero-order valence-electron chi connectivity index (χ0n) is 10.2. The van der Waals surface area contributed by atoms with Gasteiger partial charge in [0.25, 0.3) is 5.91 Å². The molecule has 0 heterocycles. The van der Waals surface area contributed by atoms with Crippen LogP contribution in [0.4, 0.5) is 4.39 Å². The molecule has 4 nitrogen and oxygen atoms in total. The van der Waals surface area contributed by atoms with E-state index < -0.39 is 17.7 Å². The molecule has 1 N–H and O–H groups in total. The molecule has 0 radical (unpaired) electrons. The predicted molar refractivity (Wildman–Crippen MR) is 64.8 cm³/mol. The summed E-state index contributed by atoms with van der Waals surface area (Å²) in [5.41, 5.74) is -0.0173. The molecule has 18 heavy (non-hydrogen) atoms. The van der Waals surface area contributed by atoms with Crippen molar-refractivity contribution in [3.63, 3.8) is 0 Å². The third-order valence-corrected chi connectivity index (χ3v) is 2.48. The maximum atomic E-state index is 13.5. The fraction of sp³-hybridized carbons (Fsp3) is 0.385. The minimum Gasteiger partial charge on any atom is -0.481 e. The molecule has 0 aromatic heterocycles. The lowest BCUT2D eigenvalue weighted by atomic mass is 10.1. The normalized spacial score (nSPS) is 10.1. The number of carbonyl (C=O) groups is 2. The molecular formula is C13H16FNO3. The summed E-state index contributed by atoms with van der Waals surface area (Å²) < 4.78 is 13.5. The van der Waals surface area contributed by atoms with Gasteiger partial charge < -0.3 is 10.0 Å². The number of halogens is 1. The van der Waals surface area contributed by atoms with Gasteiger partial charge in [-0.15, -0.1) is 0 Å². The number of amides is 1. The van der Waals surface area contributed by atoms with Gasteiger partial charge >= 0.3 is 5.97 Å². The zero-order chi connectivity index (χ0) is 13.5. The van der Waals surface area contributed by atoms with Crippen molar-refractivity contribution in [2.24, 2.45) is 0 Å². The number of carboxylic acid groups (broad SMARTS) is 1. The van der Waals surface area contributed by atoms with Crippen molar-refractivity contribution in [1.29, 1.82) is 0 Å². The van der Waals surface area contributed by atoms with Gasteiger partial charge in [0.05, 0.1) is 12.0 Å². The third-order valence-electron chi connectivity index (χ3n) is 2.48. The van der Waals surface area contributed by atoms with Gasteiger partial charge in [0.2, 0.25) is 0 Å². The highest BCUT2D eigenvalue weighted by Gasteiger charge is 2.18. The molecule has 0 aliphatic carbocycles. The first-order valence-electron chi connectivity index (χ1n) is 5.81. The molecule has 1 amide bonds. The molecule has 98 valence electrons. The summed E-state index contributed by atoms with van der Waals surface area (Å²) in [6, 6.07) is 5.71. The van der Waals surface area contributed by atoms with Crippen LogP contribution in [0, 0.1) is 5.82 Å². The Hall–Kier alpha value is -1.91. The molecule has 1 aromatic rings. The van der Waals surface area contributed by atoms with E-state index >= 15 is 0 Å². The standard InChI is InChI=1S/C13H16FNO3/c1-2-8-15(9-7-12(16)17)13(18)10-5-3-4-6-11(10)14/h3-6H,2,7-9H2,1H3,(H,16,17). The van der Waals surface area contributed by atoms with Crippen LogP contribution in [0.3, 0.4) is 0 Å². The van der Waals surface area contributed by atoms with E-state index in [-0.39, 0.29) is 18.5 Å². The van der Waals surface area contributed by atoms with E-state index in [4.69, 9.17) is 5.11 Å². The summed E-state index contributed by atoms with van der Waals surface area (Å²) in [7, 11) is 0. The quantitative estimate of drug-likeness (QED) is 0.845. The van der Waals surface area contributed by atoms with E-state index in [0.29, 0.717) is 13.0 Å². The largest absolute Gasteiger partial charge is 0.481 e. The van der Waals surface area contributed by atoms with E-state index in [1.807, 2.05) is 6.92 Å². The summed E-state index contributed by atoms with van der Waals surface area (Å²) in [6.07, 6.45) is 0.556. The maximum absolute atomic E-state index is 13.5. The fourth-order valence-electron chi connectivity index (χ4n) is 1.62. The molecule has 0 fully saturated rings. The Morgan fingerprint density at radius 2 is 1.94 bits per heavy atom. The number of nitrogens with zero attached hydrogens (tertiary/aromatic N) is 1. The monoisotopic (exact) mass is 253 g/mol. The second-order valence-electron chi connectivity index (χ2n) is 3.92. The molecular weight excluding hydrogens is 237 g/mol. The molecule has 0 unspecified atom stereocenters. The van der Waals surface area contributed by atoms with Gasteiger partial charge in [0.1, 0.15) is 5.82 Å². The number of rotatable bonds is 6. The molecule has 1 rings (SSSR count). The molecule has 0 aliphatic heterocycles. The average Bonchev–Trinajstić information content (AvgIpc) is 2.34. The van der Waals surface area contributed by atoms with Crippen molar-refractivity contribution in [3.8, 4) is 0 Å². The number of carboxylic acids is 1. The first kappa shape index (κ1) is 14.2. The van der Waals surface area contributed by atoms with Crippen LogP contribution in [0.2, 0.25) is 0 Å². The summed E-state index contributed by atoms with van der Waals surface area (Å²) >= 11 is 0. The second-order valence-corrected chi connectivity index (χ2v) is 3.92. The summed E-state index contributed by atoms with van der Waals surface area (Å²) in [5.74, 6) is -2.02. The average molecular weight is 253 g/mol. The number of benzene rings is 1. The Labute approximate surface area is 105 Å². The second kappa shape index (κ2) is 6.74. The topological polar surface area (TPSA) is 57.6 Å². The van der Waals surface area contributed by atoms with E-state index in [9.17, 15) is 14.0 Å². The molecule has 0 atom stereocenters. The Bertz CT molecular complexity index is 434. The van der Waals surface area contributed by atoms with E-state index in [1.165, 1.54) is 23.1 Å². The molecule has 0 saturated carbocycles. The number of hydrogen-bond donors (Lipinski definition) is 1. The van der Waals surface area contributed by atoms with Crippen LogP contribution < -0.4 is 0 Å². The number of aliphatic carboxylic acids is 1. The molecule has 0 saturated heterocycles. The Morgan fingerprint density at radius 1 is 1.28 bits per heavy atom. The van der Waals surface area contributed by atoms with E-state index in [0.717, 1.165) is 0 Å². The lowest BCUT2D eigenvalue weighted by Gasteiger charge is -2.21. The van der Waals surface area contributed by atoms with Gasteiger partial charge in [0.15, 0.2) is 0 Å². The minimum atomic E-state index is -0.975. The number of hydrogen-bond acceptors (Lipinski definition) is 2. The van der Waals surface area contributed by atoms with Gasteiger partial charge in [-0.1, -0.05) is 19.1 Å². The Kier molecular flexibility index (Phi) is 5.30. The Balaban J connectivity index is 2.82. The molecule has 0 spiro atoms. The minimum absolute atomic E-state index is 0.0173. The summed E-state index contributed by atoms with van der Waals surface area (Å²) in [4.78, 5) is 24.0. The summed E-state index contributed by atoms with van der Waals surface area (Å²) in [5, 5.41) is 8.63. The van der Waals surface area contributed by atoms with Crippen molar-refractivity contribution in [2.75, 3.05) is 13.1 Å². The SMILES string of the molecule is CCCN(CCC(=O)O)C(=O)c1ccccc1F. The van der Waals surface area contributed by atoms with Gasteiger partial charge in [-0.2, -0.15) is 0 Å². The lowest BCUT2D eigenvalue weighted by molar-refractivity contribution is -0.137. The molecule has 1 aromatic carbocycles. The predicted octanol–water partition coefficient (Wildman–Crippen LogP) is 2.15. The first-order chi connectivity index (χ1) is 8.56. The molecule has 0 bridgehead atoms. The van der Waals surface area contributed by atoms with Crippen LogP contribution >= 0.6 is 0 Å². The van der Waals surface area contributed by atoms with Crippen LogP contribution in [-0.4, -0.2) is 35.0 Å². The van der Waals surface area contributed by atoms with Crippen molar-refractivity contribution in [2.45, 2.75) is 19.8 Å². The van der Waals surface area contributed by atoms with Crippen molar-refractivity contribution >= 4 is 11.9 Å². The van der Waals surface area contributed by atoms with Gasteiger partial charge in [0, 0.05) is 13.1 Å². The van der Waals surface area contributed by atoms with E-state index in [2.05, 4.69) is 0 Å². The van der Waals surface area contributed by atoms with Crippen molar-refractivity contribution in [1.82, 2.24) is 4.90 Å². The van der Waals surface area contributed by atoms with Crippen molar-refractivity contribution < 1.29 is 19.1 Å².